The maximum absolute atomic E-state index is 12.4. The zero-order chi connectivity index (χ0) is 22.4. The summed E-state index contributed by atoms with van der Waals surface area (Å²) in [5.41, 5.74) is 0.115. The average molecular weight is 436 g/mol. The number of nitriles is 1. The highest BCUT2D eigenvalue weighted by atomic mass is 19.3. The molecule has 10 heteroatoms. The number of benzene rings is 1. The summed E-state index contributed by atoms with van der Waals surface area (Å²) in [4.78, 5) is 26.3. The van der Waals surface area contributed by atoms with Crippen molar-refractivity contribution in [2.75, 3.05) is 19.6 Å². The molecule has 1 saturated carbocycles. The Morgan fingerprint density at radius 1 is 1.32 bits per heavy atom. The molecule has 1 saturated heterocycles. The van der Waals surface area contributed by atoms with Gasteiger partial charge in [-0.25, -0.2) is 0 Å². The fourth-order valence-corrected chi connectivity index (χ4v) is 4.16. The van der Waals surface area contributed by atoms with Crippen LogP contribution in [0.4, 0.5) is 8.78 Å². The predicted octanol–water partition coefficient (Wildman–Crippen LogP) is 2.00. The van der Waals surface area contributed by atoms with Crippen LogP contribution in [0, 0.1) is 17.2 Å². The number of phenolic OH excluding ortho intramolecular Hbond substituents is 1. The van der Waals surface area contributed by atoms with Gasteiger partial charge in [-0.05, 0) is 56.2 Å². The number of hydrogen-bond acceptors (Lipinski definition) is 6. The molecule has 0 spiro atoms. The van der Waals surface area contributed by atoms with Gasteiger partial charge in [0.15, 0.2) is 11.5 Å². The van der Waals surface area contributed by atoms with Crippen molar-refractivity contribution >= 4 is 11.8 Å². The van der Waals surface area contributed by atoms with Gasteiger partial charge >= 0.3 is 6.61 Å². The lowest BCUT2D eigenvalue weighted by molar-refractivity contribution is -0.130. The normalized spacial score (nSPS) is 23.0. The summed E-state index contributed by atoms with van der Waals surface area (Å²) in [6.07, 6.45) is 4.13. The Morgan fingerprint density at radius 2 is 2.13 bits per heavy atom. The minimum absolute atomic E-state index is 0.0602. The van der Waals surface area contributed by atoms with Crippen LogP contribution in [0.3, 0.4) is 0 Å². The minimum Gasteiger partial charge on any atom is -0.504 e. The molecule has 2 aliphatic rings. The average Bonchev–Trinajstić information content (AvgIpc) is 3.40. The van der Waals surface area contributed by atoms with E-state index in [0.717, 1.165) is 44.2 Å². The maximum Gasteiger partial charge on any atom is 0.387 e. The van der Waals surface area contributed by atoms with Crippen LogP contribution in [-0.4, -0.2) is 60.2 Å². The molecular formula is C21H26F2N4O4. The summed E-state index contributed by atoms with van der Waals surface area (Å²) in [7, 11) is 0. The van der Waals surface area contributed by atoms with Crippen LogP contribution in [-0.2, 0) is 4.79 Å². The van der Waals surface area contributed by atoms with E-state index in [1.165, 1.54) is 6.07 Å². The summed E-state index contributed by atoms with van der Waals surface area (Å²) >= 11 is 0. The summed E-state index contributed by atoms with van der Waals surface area (Å²) in [6.45, 7) is -1.86. The molecule has 2 amide bonds. The molecule has 1 aliphatic carbocycles. The van der Waals surface area contributed by atoms with Crippen molar-refractivity contribution in [1.82, 2.24) is 15.5 Å². The van der Waals surface area contributed by atoms with Gasteiger partial charge in [0.25, 0.3) is 5.91 Å². The maximum atomic E-state index is 12.4. The summed E-state index contributed by atoms with van der Waals surface area (Å²) in [5.74, 6) is -1.19. The van der Waals surface area contributed by atoms with Crippen LogP contribution in [0.2, 0.25) is 0 Å². The Labute approximate surface area is 179 Å². The molecular weight excluding hydrogens is 410 g/mol. The van der Waals surface area contributed by atoms with Crippen molar-refractivity contribution in [3.05, 3.63) is 23.8 Å². The van der Waals surface area contributed by atoms with Gasteiger partial charge in [0.2, 0.25) is 5.91 Å². The van der Waals surface area contributed by atoms with Gasteiger partial charge < -0.3 is 25.4 Å². The molecule has 168 valence electrons. The number of alkyl halides is 2. The molecule has 0 aromatic heterocycles. The SMILES string of the molecule is N#C[C@@H]1CCCN1C(=O)CN[C@@H]1CC[C@H](CNC(=O)c2ccc(O)c(OC(F)F)c2)C1. The first-order valence-electron chi connectivity index (χ1n) is 10.4. The third-order valence-electron chi connectivity index (χ3n) is 5.79. The van der Waals surface area contributed by atoms with Gasteiger partial charge in [-0.1, -0.05) is 0 Å². The fourth-order valence-electron chi connectivity index (χ4n) is 4.16. The van der Waals surface area contributed by atoms with E-state index >= 15 is 0 Å². The van der Waals surface area contributed by atoms with E-state index < -0.39 is 24.0 Å². The first kappa shape index (κ1) is 22.7. The van der Waals surface area contributed by atoms with Gasteiger partial charge in [0.05, 0.1) is 12.6 Å². The molecule has 31 heavy (non-hydrogen) atoms. The van der Waals surface area contributed by atoms with E-state index in [2.05, 4.69) is 21.4 Å². The Bertz CT molecular complexity index is 845. The van der Waals surface area contributed by atoms with Gasteiger partial charge in [-0.15, -0.1) is 0 Å². The topological polar surface area (TPSA) is 115 Å². The first-order valence-corrected chi connectivity index (χ1v) is 10.4. The number of phenols is 1. The predicted molar refractivity (Wildman–Crippen MR) is 107 cm³/mol. The molecule has 3 N–H and O–H groups in total. The third kappa shape index (κ3) is 6.04. The van der Waals surface area contributed by atoms with Crippen LogP contribution >= 0.6 is 0 Å². The molecule has 1 aromatic rings. The van der Waals surface area contributed by atoms with E-state index in [0.29, 0.717) is 13.1 Å². The number of likely N-dealkylation sites (tertiary alicyclic amines) is 1. The molecule has 1 heterocycles. The van der Waals surface area contributed by atoms with Gasteiger partial charge in [-0.3, -0.25) is 9.59 Å². The van der Waals surface area contributed by atoms with Crippen LogP contribution in [0.25, 0.3) is 0 Å². The molecule has 1 aromatic carbocycles. The molecule has 0 unspecified atom stereocenters. The Balaban J connectivity index is 1.42. The molecule has 0 radical (unpaired) electrons. The number of carbonyl (C=O) groups is 2. The van der Waals surface area contributed by atoms with Gasteiger partial charge in [0, 0.05) is 24.7 Å². The number of aromatic hydroxyl groups is 1. The number of rotatable bonds is 8. The zero-order valence-corrected chi connectivity index (χ0v) is 17.0. The molecule has 8 nitrogen and oxygen atoms in total. The van der Waals surface area contributed by atoms with Gasteiger partial charge in [-0.2, -0.15) is 14.0 Å². The number of nitrogens with one attached hydrogen (secondary N) is 2. The highest BCUT2D eigenvalue weighted by Gasteiger charge is 2.30. The number of nitrogens with zero attached hydrogens (tertiary/aromatic N) is 2. The van der Waals surface area contributed by atoms with Crippen molar-refractivity contribution in [3.63, 3.8) is 0 Å². The quantitative estimate of drug-likeness (QED) is 0.574. The fraction of sp³-hybridized carbons (Fsp3) is 0.571. The van der Waals surface area contributed by atoms with E-state index in [1.807, 2.05) is 0 Å². The van der Waals surface area contributed by atoms with E-state index in [1.54, 1.807) is 4.90 Å². The number of halogens is 2. The van der Waals surface area contributed by atoms with Gasteiger partial charge in [0.1, 0.15) is 6.04 Å². The van der Waals surface area contributed by atoms with E-state index in [9.17, 15) is 23.5 Å². The Kier molecular flexibility index (Phi) is 7.63. The van der Waals surface area contributed by atoms with Crippen molar-refractivity contribution in [2.24, 2.45) is 5.92 Å². The lowest BCUT2D eigenvalue weighted by Crippen LogP contribution is -2.43. The summed E-state index contributed by atoms with van der Waals surface area (Å²) in [6, 6.07) is 5.55. The number of carbonyl (C=O) groups excluding carboxylic acids is 2. The van der Waals surface area contributed by atoms with E-state index in [-0.39, 0.29) is 36.0 Å². The van der Waals surface area contributed by atoms with Crippen LogP contribution in [0.1, 0.15) is 42.5 Å². The molecule has 3 rings (SSSR count). The second kappa shape index (κ2) is 10.4. The Morgan fingerprint density at radius 3 is 2.87 bits per heavy atom. The molecule has 2 fully saturated rings. The van der Waals surface area contributed by atoms with Crippen LogP contribution in [0.15, 0.2) is 18.2 Å². The smallest absolute Gasteiger partial charge is 0.387 e. The second-order valence-corrected chi connectivity index (χ2v) is 7.90. The molecule has 3 atom stereocenters. The zero-order valence-electron chi connectivity index (χ0n) is 17.0. The van der Waals surface area contributed by atoms with Crippen molar-refractivity contribution in [3.8, 4) is 17.6 Å². The highest BCUT2D eigenvalue weighted by molar-refractivity contribution is 5.94. The number of ether oxygens (including phenoxy) is 1. The third-order valence-corrected chi connectivity index (χ3v) is 5.79. The molecule has 0 bridgehead atoms. The van der Waals surface area contributed by atoms with Crippen LogP contribution in [0.5, 0.6) is 11.5 Å². The largest absolute Gasteiger partial charge is 0.504 e. The van der Waals surface area contributed by atoms with Crippen molar-refractivity contribution in [1.29, 1.82) is 5.26 Å². The Hall–Kier alpha value is -2.93. The second-order valence-electron chi connectivity index (χ2n) is 7.90. The van der Waals surface area contributed by atoms with E-state index in [4.69, 9.17) is 5.26 Å². The number of amides is 2. The summed E-state index contributed by atoms with van der Waals surface area (Å²) in [5, 5.41) is 24.7. The standard InChI is InChI=1S/C21H26F2N4O4/c22-21(23)31-18-9-14(4-6-17(18)28)20(30)26-11-13-3-5-15(8-13)25-12-19(29)27-7-1-2-16(27)10-24/h4,6,9,13,15-16,21,25,28H,1-3,5,7-8,11-12H2,(H,26,30)/t13-,15+,16-/m0/s1. The monoisotopic (exact) mass is 436 g/mol. The van der Waals surface area contributed by atoms with Crippen molar-refractivity contribution < 1.29 is 28.2 Å². The highest BCUT2D eigenvalue weighted by Crippen LogP contribution is 2.29. The van der Waals surface area contributed by atoms with Crippen LogP contribution < -0.4 is 15.4 Å². The minimum atomic E-state index is -3.10. The summed E-state index contributed by atoms with van der Waals surface area (Å²) < 4.78 is 29.0. The first-order chi connectivity index (χ1) is 14.9. The molecule has 1 aliphatic heterocycles. The lowest BCUT2D eigenvalue weighted by Gasteiger charge is -2.21. The number of hydrogen-bond donors (Lipinski definition) is 3. The lowest BCUT2D eigenvalue weighted by atomic mass is 10.1. The van der Waals surface area contributed by atoms with Crippen molar-refractivity contribution in [2.45, 2.75) is 50.8 Å².